The van der Waals surface area contributed by atoms with E-state index in [9.17, 15) is 28.1 Å². The molecule has 10 heteroatoms. The Hall–Kier alpha value is -2.49. The fraction of sp³-hybridized carbons (Fsp3) is 0.467. The van der Waals surface area contributed by atoms with Gasteiger partial charge < -0.3 is 10.1 Å². The first kappa shape index (κ1) is 18.8. The summed E-state index contributed by atoms with van der Waals surface area (Å²) in [6.07, 6.45) is -0.0404. The maximum absolute atomic E-state index is 11.9. The third kappa shape index (κ3) is 5.24. The Labute approximate surface area is 144 Å². The van der Waals surface area contributed by atoms with Gasteiger partial charge in [0.15, 0.2) is 16.4 Å². The number of nitrogens with one attached hydrogen (secondary N) is 1. The van der Waals surface area contributed by atoms with Crippen molar-refractivity contribution in [2.75, 3.05) is 18.1 Å². The number of nitro groups is 1. The molecule has 9 nitrogen and oxygen atoms in total. The van der Waals surface area contributed by atoms with E-state index in [1.807, 2.05) is 0 Å². The molecule has 1 aromatic rings. The molecule has 1 amide bonds. The van der Waals surface area contributed by atoms with Gasteiger partial charge in [-0.15, -0.1) is 0 Å². The van der Waals surface area contributed by atoms with Crippen LogP contribution in [0.2, 0.25) is 0 Å². The number of sulfone groups is 1. The fourth-order valence-corrected chi connectivity index (χ4v) is 4.77. The summed E-state index contributed by atoms with van der Waals surface area (Å²) in [6.45, 7) is 1.04. The Morgan fingerprint density at radius 1 is 1.36 bits per heavy atom. The number of ether oxygens (including phenoxy) is 1. The Morgan fingerprint density at radius 3 is 2.64 bits per heavy atom. The maximum Gasteiger partial charge on any atom is 0.311 e. The number of hydrogen-bond donors (Lipinski definition) is 1. The van der Waals surface area contributed by atoms with Crippen molar-refractivity contribution in [1.29, 1.82) is 0 Å². The summed E-state index contributed by atoms with van der Waals surface area (Å²) in [4.78, 5) is 33.9. The second-order valence-electron chi connectivity index (χ2n) is 6.17. The molecular formula is C15H18N2O7S. The van der Waals surface area contributed by atoms with Gasteiger partial charge in [-0.1, -0.05) is 18.2 Å². The van der Waals surface area contributed by atoms with E-state index < -0.39 is 38.8 Å². The zero-order valence-electron chi connectivity index (χ0n) is 13.6. The molecule has 1 N–H and O–H groups in total. The molecular weight excluding hydrogens is 352 g/mol. The number of nitrogens with zero attached hydrogens (tertiary/aromatic N) is 1. The van der Waals surface area contributed by atoms with Crippen LogP contribution in [-0.2, 0) is 30.6 Å². The van der Waals surface area contributed by atoms with Crippen LogP contribution in [-0.4, -0.2) is 48.9 Å². The summed E-state index contributed by atoms with van der Waals surface area (Å²) in [5.74, 6) is -1.55. The molecule has 1 aliphatic rings. The second-order valence-corrected chi connectivity index (χ2v) is 8.36. The topological polar surface area (TPSA) is 133 Å². The molecule has 1 atom stereocenters. The lowest BCUT2D eigenvalue weighted by Crippen LogP contribution is -2.48. The molecule has 1 fully saturated rings. The summed E-state index contributed by atoms with van der Waals surface area (Å²) in [6, 6.07) is 5.75. The third-order valence-electron chi connectivity index (χ3n) is 3.83. The Morgan fingerprint density at radius 2 is 2.04 bits per heavy atom. The number of para-hydroxylation sites is 1. The molecule has 2 rings (SSSR count). The van der Waals surface area contributed by atoms with E-state index in [1.165, 1.54) is 18.2 Å². The molecule has 1 aromatic carbocycles. The number of esters is 1. The molecule has 136 valence electrons. The van der Waals surface area contributed by atoms with Crippen LogP contribution in [0.15, 0.2) is 24.3 Å². The summed E-state index contributed by atoms with van der Waals surface area (Å²) in [5, 5.41) is 13.4. The minimum absolute atomic E-state index is 0.00123. The van der Waals surface area contributed by atoms with Crippen molar-refractivity contribution < 1.29 is 27.7 Å². The molecule has 0 aliphatic carbocycles. The van der Waals surface area contributed by atoms with Gasteiger partial charge in [-0.3, -0.25) is 19.7 Å². The van der Waals surface area contributed by atoms with Crippen LogP contribution in [0.4, 0.5) is 5.69 Å². The molecule has 1 saturated heterocycles. The van der Waals surface area contributed by atoms with Gasteiger partial charge in [0.25, 0.3) is 11.6 Å². The van der Waals surface area contributed by atoms with Gasteiger partial charge in [0.05, 0.1) is 28.4 Å². The first-order valence-corrected chi connectivity index (χ1v) is 9.32. The maximum atomic E-state index is 11.9. The van der Waals surface area contributed by atoms with E-state index in [0.717, 1.165) is 0 Å². The van der Waals surface area contributed by atoms with Gasteiger partial charge in [0, 0.05) is 11.6 Å². The summed E-state index contributed by atoms with van der Waals surface area (Å²) in [7, 11) is -3.17. The molecule has 0 aromatic heterocycles. The molecule has 0 radical (unpaired) electrons. The molecule has 0 saturated carbocycles. The minimum atomic E-state index is -3.17. The van der Waals surface area contributed by atoms with Gasteiger partial charge in [-0.2, -0.15) is 0 Å². The van der Waals surface area contributed by atoms with E-state index in [-0.39, 0.29) is 29.2 Å². The van der Waals surface area contributed by atoms with Crippen LogP contribution in [0.25, 0.3) is 0 Å². The average molecular weight is 370 g/mol. The zero-order valence-corrected chi connectivity index (χ0v) is 14.4. The Kier molecular flexibility index (Phi) is 5.41. The van der Waals surface area contributed by atoms with E-state index >= 15 is 0 Å². The van der Waals surface area contributed by atoms with Crippen LogP contribution >= 0.6 is 0 Å². The van der Waals surface area contributed by atoms with E-state index in [1.54, 1.807) is 13.0 Å². The van der Waals surface area contributed by atoms with Crippen LogP contribution in [0.5, 0.6) is 0 Å². The SMILES string of the molecule is C[C@]1(NC(=O)COC(=O)Cc2ccccc2[N+](=O)[O-])CCS(=O)(=O)C1. The van der Waals surface area contributed by atoms with Crippen LogP contribution in [0.3, 0.4) is 0 Å². The minimum Gasteiger partial charge on any atom is -0.455 e. The van der Waals surface area contributed by atoms with Gasteiger partial charge in [-0.05, 0) is 13.3 Å². The van der Waals surface area contributed by atoms with Gasteiger partial charge in [0.1, 0.15) is 0 Å². The predicted molar refractivity (Wildman–Crippen MR) is 87.6 cm³/mol. The monoisotopic (exact) mass is 370 g/mol. The third-order valence-corrected chi connectivity index (χ3v) is 5.73. The van der Waals surface area contributed by atoms with Gasteiger partial charge in [0.2, 0.25) is 0 Å². The lowest BCUT2D eigenvalue weighted by atomic mass is 10.0. The summed E-state index contributed by atoms with van der Waals surface area (Å²) < 4.78 is 27.8. The van der Waals surface area contributed by atoms with E-state index in [0.29, 0.717) is 6.42 Å². The summed E-state index contributed by atoms with van der Waals surface area (Å²) >= 11 is 0. The lowest BCUT2D eigenvalue weighted by molar-refractivity contribution is -0.385. The van der Waals surface area contributed by atoms with Crippen molar-refractivity contribution in [3.63, 3.8) is 0 Å². The summed E-state index contributed by atoms with van der Waals surface area (Å²) in [5.41, 5.74) is -0.889. The fourth-order valence-electron chi connectivity index (χ4n) is 2.67. The number of amides is 1. The lowest BCUT2D eigenvalue weighted by Gasteiger charge is -2.23. The highest BCUT2D eigenvalue weighted by atomic mass is 32.2. The molecule has 0 unspecified atom stereocenters. The van der Waals surface area contributed by atoms with E-state index in [2.05, 4.69) is 5.32 Å². The second kappa shape index (κ2) is 7.18. The number of nitro benzene ring substituents is 1. The van der Waals surface area contributed by atoms with E-state index in [4.69, 9.17) is 4.74 Å². The molecule has 1 heterocycles. The molecule has 0 bridgehead atoms. The highest BCUT2D eigenvalue weighted by Crippen LogP contribution is 2.22. The highest BCUT2D eigenvalue weighted by Gasteiger charge is 2.39. The smallest absolute Gasteiger partial charge is 0.311 e. The Balaban J connectivity index is 1.86. The number of carbonyl (C=O) groups is 2. The Bertz CT molecular complexity index is 806. The zero-order chi connectivity index (χ0) is 18.7. The van der Waals surface area contributed by atoms with Crippen molar-refractivity contribution in [1.82, 2.24) is 5.32 Å². The van der Waals surface area contributed by atoms with Crippen LogP contribution in [0.1, 0.15) is 18.9 Å². The molecule has 0 spiro atoms. The number of hydrogen-bond acceptors (Lipinski definition) is 7. The van der Waals surface area contributed by atoms with Gasteiger partial charge in [-0.25, -0.2) is 8.42 Å². The largest absolute Gasteiger partial charge is 0.455 e. The van der Waals surface area contributed by atoms with Crippen molar-refractivity contribution in [3.8, 4) is 0 Å². The number of carbonyl (C=O) groups excluding carboxylic acids is 2. The molecule has 25 heavy (non-hydrogen) atoms. The van der Waals surface area contributed by atoms with Crippen LogP contribution in [0, 0.1) is 10.1 Å². The number of rotatable bonds is 6. The van der Waals surface area contributed by atoms with Crippen LogP contribution < -0.4 is 5.32 Å². The normalized spacial score (nSPS) is 21.5. The predicted octanol–water partition coefficient (Wildman–Crippen LogP) is 0.374. The van der Waals surface area contributed by atoms with Crippen molar-refractivity contribution in [2.45, 2.75) is 25.3 Å². The van der Waals surface area contributed by atoms with Crippen molar-refractivity contribution >= 4 is 27.4 Å². The number of benzene rings is 1. The van der Waals surface area contributed by atoms with Crippen molar-refractivity contribution in [2.24, 2.45) is 0 Å². The van der Waals surface area contributed by atoms with Gasteiger partial charge >= 0.3 is 5.97 Å². The first-order chi connectivity index (χ1) is 11.6. The average Bonchev–Trinajstić information content (AvgIpc) is 2.78. The molecule has 1 aliphatic heterocycles. The highest BCUT2D eigenvalue weighted by molar-refractivity contribution is 7.91. The quantitative estimate of drug-likeness (QED) is 0.434. The van der Waals surface area contributed by atoms with Crippen molar-refractivity contribution in [3.05, 3.63) is 39.9 Å². The first-order valence-electron chi connectivity index (χ1n) is 7.50. The standard InChI is InChI=1S/C15H18N2O7S/c1-15(6-7-25(22,23)10-15)16-13(18)9-24-14(19)8-11-4-2-3-5-12(11)17(20)21/h2-5H,6-10H2,1H3,(H,16,18)/t15-/m0/s1.